The fraction of sp³-hybridized carbons (Fsp3) is 0.300. The minimum atomic E-state index is 0.462. The van der Waals surface area contributed by atoms with E-state index in [-0.39, 0.29) is 0 Å². The number of halogens is 1. The maximum atomic E-state index is 8.42. The van der Waals surface area contributed by atoms with E-state index in [1.165, 1.54) is 6.21 Å². The lowest BCUT2D eigenvalue weighted by Gasteiger charge is -2.09. The minimum absolute atomic E-state index is 0.462. The lowest BCUT2D eigenvalue weighted by molar-refractivity contribution is 0.297. The van der Waals surface area contributed by atoms with Crippen molar-refractivity contribution in [3.05, 3.63) is 22.7 Å². The average Bonchev–Trinajstić information content (AvgIpc) is 2.43. The van der Waals surface area contributed by atoms with E-state index in [2.05, 4.69) is 5.16 Å². The molecule has 1 N–H and O–H groups in total. The van der Waals surface area contributed by atoms with Gasteiger partial charge in [0.2, 0.25) is 0 Å². The lowest BCUT2D eigenvalue weighted by Crippen LogP contribution is -1.97. The van der Waals surface area contributed by atoms with Crippen molar-refractivity contribution in [1.29, 1.82) is 0 Å². The molecule has 2 rings (SSSR count). The van der Waals surface area contributed by atoms with Crippen molar-refractivity contribution in [3.63, 3.8) is 0 Å². The highest BCUT2D eigenvalue weighted by molar-refractivity contribution is 6.32. The average molecular weight is 228 g/mol. The molecule has 0 fully saturated rings. The third kappa shape index (κ3) is 2.15. The Kier molecular flexibility index (Phi) is 2.97. The van der Waals surface area contributed by atoms with Crippen molar-refractivity contribution in [2.45, 2.75) is 6.42 Å². The molecular weight excluding hydrogens is 218 g/mol. The summed E-state index contributed by atoms with van der Waals surface area (Å²) in [5.74, 6) is 1.15. The highest BCUT2D eigenvalue weighted by Crippen LogP contribution is 2.37. The first-order valence-electron chi connectivity index (χ1n) is 4.58. The topological polar surface area (TPSA) is 51.1 Å². The first kappa shape index (κ1) is 10.1. The van der Waals surface area contributed by atoms with E-state index in [9.17, 15) is 0 Å². The second kappa shape index (κ2) is 4.40. The fourth-order valence-electron chi connectivity index (χ4n) is 1.39. The zero-order valence-electron chi connectivity index (χ0n) is 7.94. The van der Waals surface area contributed by atoms with Gasteiger partial charge in [-0.05, 0) is 12.1 Å². The molecule has 0 bridgehead atoms. The predicted molar refractivity (Wildman–Crippen MR) is 56.4 cm³/mol. The summed E-state index contributed by atoms with van der Waals surface area (Å²) in [5, 5.41) is 11.8. The zero-order valence-corrected chi connectivity index (χ0v) is 8.70. The molecular formula is C10H10ClNO3. The molecule has 15 heavy (non-hydrogen) atoms. The molecule has 0 amide bonds. The van der Waals surface area contributed by atoms with Crippen molar-refractivity contribution in [2.75, 3.05) is 13.2 Å². The van der Waals surface area contributed by atoms with E-state index in [4.69, 9.17) is 26.3 Å². The van der Waals surface area contributed by atoms with Gasteiger partial charge in [-0.2, -0.15) is 0 Å². The van der Waals surface area contributed by atoms with Crippen LogP contribution in [0.1, 0.15) is 12.0 Å². The molecule has 0 atom stereocenters. The van der Waals surface area contributed by atoms with Gasteiger partial charge in [-0.3, -0.25) is 0 Å². The molecule has 4 nitrogen and oxygen atoms in total. The van der Waals surface area contributed by atoms with Crippen LogP contribution in [0.2, 0.25) is 5.02 Å². The van der Waals surface area contributed by atoms with E-state index in [0.717, 1.165) is 6.42 Å². The Balaban J connectivity index is 2.43. The number of rotatable bonds is 1. The highest BCUT2D eigenvalue weighted by atomic mass is 35.5. The minimum Gasteiger partial charge on any atom is -0.489 e. The SMILES string of the molecule is ON=Cc1cc(Cl)c2c(c1)OCCCO2. The number of nitrogens with zero attached hydrogens (tertiary/aromatic N) is 1. The van der Waals surface area contributed by atoms with Crippen LogP contribution in [0.15, 0.2) is 17.3 Å². The Bertz CT molecular complexity index is 392. The van der Waals surface area contributed by atoms with Gasteiger partial charge in [0.05, 0.1) is 24.5 Å². The second-order valence-corrected chi connectivity index (χ2v) is 3.53. The number of benzene rings is 1. The normalized spacial score (nSPS) is 15.3. The third-order valence-corrected chi connectivity index (χ3v) is 2.31. The van der Waals surface area contributed by atoms with Gasteiger partial charge in [-0.15, -0.1) is 0 Å². The van der Waals surface area contributed by atoms with Gasteiger partial charge < -0.3 is 14.7 Å². The Hall–Kier alpha value is -1.42. The molecule has 1 aliphatic heterocycles. The molecule has 0 saturated heterocycles. The molecule has 1 aromatic rings. The van der Waals surface area contributed by atoms with Gasteiger partial charge in [0.15, 0.2) is 11.5 Å². The number of ether oxygens (including phenoxy) is 2. The Morgan fingerprint density at radius 3 is 2.93 bits per heavy atom. The molecule has 5 heteroatoms. The van der Waals surface area contributed by atoms with Gasteiger partial charge in [0.25, 0.3) is 0 Å². The van der Waals surface area contributed by atoms with Crippen molar-refractivity contribution < 1.29 is 14.7 Å². The predicted octanol–water partition coefficient (Wildman–Crippen LogP) is 2.31. The largest absolute Gasteiger partial charge is 0.489 e. The van der Waals surface area contributed by atoms with E-state index >= 15 is 0 Å². The van der Waals surface area contributed by atoms with Crippen LogP contribution in [0.25, 0.3) is 0 Å². The summed E-state index contributed by atoms with van der Waals surface area (Å²) in [6.07, 6.45) is 2.12. The summed E-state index contributed by atoms with van der Waals surface area (Å²) in [5.41, 5.74) is 0.673. The molecule has 0 saturated carbocycles. The van der Waals surface area contributed by atoms with Crippen molar-refractivity contribution in [3.8, 4) is 11.5 Å². The van der Waals surface area contributed by atoms with Crippen molar-refractivity contribution in [1.82, 2.24) is 0 Å². The van der Waals surface area contributed by atoms with Crippen LogP contribution >= 0.6 is 11.6 Å². The summed E-state index contributed by atoms with van der Waals surface area (Å²) in [6.45, 7) is 1.20. The molecule has 1 heterocycles. The summed E-state index contributed by atoms with van der Waals surface area (Å²) in [7, 11) is 0. The Morgan fingerprint density at radius 1 is 1.33 bits per heavy atom. The molecule has 0 unspecified atom stereocenters. The number of fused-ring (bicyclic) bond motifs is 1. The summed E-state index contributed by atoms with van der Waals surface area (Å²) >= 11 is 6.01. The highest BCUT2D eigenvalue weighted by Gasteiger charge is 2.14. The third-order valence-electron chi connectivity index (χ3n) is 2.03. The summed E-state index contributed by atoms with van der Waals surface area (Å²) < 4.78 is 10.9. The van der Waals surface area contributed by atoms with Crippen LogP contribution in [-0.4, -0.2) is 24.6 Å². The molecule has 0 radical (unpaired) electrons. The first-order valence-corrected chi connectivity index (χ1v) is 4.95. The van der Waals surface area contributed by atoms with E-state index < -0.39 is 0 Å². The monoisotopic (exact) mass is 227 g/mol. The van der Waals surface area contributed by atoms with Gasteiger partial charge >= 0.3 is 0 Å². The maximum absolute atomic E-state index is 8.42. The van der Waals surface area contributed by atoms with Crippen LogP contribution in [-0.2, 0) is 0 Å². The quantitative estimate of drug-likeness (QED) is 0.455. The second-order valence-electron chi connectivity index (χ2n) is 3.13. The van der Waals surface area contributed by atoms with E-state index in [1.54, 1.807) is 12.1 Å². The smallest absolute Gasteiger partial charge is 0.179 e. The summed E-state index contributed by atoms with van der Waals surface area (Å²) in [6, 6.07) is 3.39. The Morgan fingerprint density at radius 2 is 2.13 bits per heavy atom. The van der Waals surface area contributed by atoms with E-state index in [0.29, 0.717) is 35.3 Å². The molecule has 0 aliphatic carbocycles. The number of oxime groups is 1. The maximum Gasteiger partial charge on any atom is 0.179 e. The molecule has 1 aromatic carbocycles. The van der Waals surface area contributed by atoms with Crippen molar-refractivity contribution >= 4 is 17.8 Å². The molecule has 1 aliphatic rings. The first-order chi connectivity index (χ1) is 7.31. The molecule has 0 spiro atoms. The van der Waals surface area contributed by atoms with Crippen molar-refractivity contribution in [2.24, 2.45) is 5.16 Å². The fourth-order valence-corrected chi connectivity index (χ4v) is 1.67. The van der Waals surface area contributed by atoms with E-state index in [1.807, 2.05) is 0 Å². The standard InChI is InChI=1S/C10H10ClNO3/c11-8-4-7(6-12-13)5-9-10(8)15-3-1-2-14-9/h4-6,13H,1-3H2. The van der Waals surface area contributed by atoms with Gasteiger partial charge in [0.1, 0.15) is 0 Å². The van der Waals surface area contributed by atoms with Crippen LogP contribution in [0.3, 0.4) is 0 Å². The summed E-state index contributed by atoms with van der Waals surface area (Å²) in [4.78, 5) is 0. The molecule has 0 aromatic heterocycles. The molecule has 80 valence electrons. The lowest BCUT2D eigenvalue weighted by atomic mass is 10.2. The van der Waals surface area contributed by atoms with Crippen LogP contribution in [0.5, 0.6) is 11.5 Å². The van der Waals surface area contributed by atoms with Crippen LogP contribution < -0.4 is 9.47 Å². The van der Waals surface area contributed by atoms with Gasteiger partial charge in [-0.25, -0.2) is 0 Å². The van der Waals surface area contributed by atoms with Crippen LogP contribution in [0.4, 0.5) is 0 Å². The Labute approximate surface area is 92.1 Å². The zero-order chi connectivity index (χ0) is 10.7. The van der Waals surface area contributed by atoms with Gasteiger partial charge in [0, 0.05) is 12.0 Å². The van der Waals surface area contributed by atoms with Gasteiger partial charge in [-0.1, -0.05) is 16.8 Å². The van der Waals surface area contributed by atoms with Crippen LogP contribution in [0, 0.1) is 0 Å². The number of hydrogen-bond donors (Lipinski definition) is 1. The number of hydrogen-bond acceptors (Lipinski definition) is 4.